The molecule has 2 N–H and O–H groups in total. The Labute approximate surface area is 119 Å². The summed E-state index contributed by atoms with van der Waals surface area (Å²) in [5.41, 5.74) is 6.37. The van der Waals surface area contributed by atoms with E-state index in [1.54, 1.807) is 11.9 Å². The molecular formula is C12H20N4O3S. The molecule has 0 aliphatic carbocycles. The molecule has 0 spiro atoms. The molecule has 1 fully saturated rings. The van der Waals surface area contributed by atoms with Crippen LogP contribution in [0.4, 0.5) is 11.5 Å². The van der Waals surface area contributed by atoms with E-state index in [2.05, 4.69) is 9.97 Å². The van der Waals surface area contributed by atoms with Crippen LogP contribution in [0.3, 0.4) is 0 Å². The van der Waals surface area contributed by atoms with Crippen molar-refractivity contribution in [3.05, 3.63) is 6.33 Å². The van der Waals surface area contributed by atoms with Gasteiger partial charge in [0.25, 0.3) is 0 Å². The molecule has 0 bridgehead atoms. The largest absolute Gasteiger partial charge is 0.473 e. The summed E-state index contributed by atoms with van der Waals surface area (Å²) in [6.45, 7) is 3.77. The van der Waals surface area contributed by atoms with Crippen LogP contribution in [0, 0.1) is 0 Å². The van der Waals surface area contributed by atoms with Crippen molar-refractivity contribution in [3.63, 3.8) is 0 Å². The van der Waals surface area contributed by atoms with Crippen LogP contribution in [0.2, 0.25) is 0 Å². The summed E-state index contributed by atoms with van der Waals surface area (Å²) < 4.78 is 28.6. The number of hydrogen-bond acceptors (Lipinski definition) is 7. The fourth-order valence-electron chi connectivity index (χ4n) is 2.22. The van der Waals surface area contributed by atoms with E-state index in [1.807, 2.05) is 13.8 Å². The predicted octanol–water partition coefficient (Wildman–Crippen LogP) is 0.469. The van der Waals surface area contributed by atoms with Crippen molar-refractivity contribution < 1.29 is 13.2 Å². The van der Waals surface area contributed by atoms with Gasteiger partial charge < -0.3 is 15.4 Å². The first-order valence-electron chi connectivity index (χ1n) is 6.50. The van der Waals surface area contributed by atoms with Gasteiger partial charge in [0, 0.05) is 13.1 Å². The van der Waals surface area contributed by atoms with Crippen molar-refractivity contribution in [3.8, 4) is 5.88 Å². The maximum atomic E-state index is 11.6. The van der Waals surface area contributed by atoms with Crippen molar-refractivity contribution in [1.29, 1.82) is 0 Å². The number of nitrogen functional groups attached to an aromatic ring is 1. The molecule has 1 aliphatic heterocycles. The molecule has 0 saturated carbocycles. The summed E-state index contributed by atoms with van der Waals surface area (Å²) in [5, 5.41) is 0. The van der Waals surface area contributed by atoms with E-state index in [0.29, 0.717) is 23.8 Å². The predicted molar refractivity (Wildman–Crippen MR) is 77.7 cm³/mol. The van der Waals surface area contributed by atoms with Gasteiger partial charge in [-0.2, -0.15) is 4.98 Å². The highest BCUT2D eigenvalue weighted by Gasteiger charge is 2.32. The zero-order valence-corrected chi connectivity index (χ0v) is 12.7. The molecule has 1 unspecified atom stereocenters. The van der Waals surface area contributed by atoms with Crippen LogP contribution in [-0.2, 0) is 9.84 Å². The Morgan fingerprint density at radius 2 is 2.15 bits per heavy atom. The second-order valence-corrected chi connectivity index (χ2v) is 7.48. The maximum Gasteiger partial charge on any atom is 0.242 e. The van der Waals surface area contributed by atoms with E-state index < -0.39 is 9.84 Å². The van der Waals surface area contributed by atoms with Gasteiger partial charge in [-0.1, -0.05) is 0 Å². The number of rotatable bonds is 4. The van der Waals surface area contributed by atoms with Crippen LogP contribution in [0.15, 0.2) is 6.33 Å². The first-order valence-corrected chi connectivity index (χ1v) is 8.32. The Bertz CT molecular complexity index is 588. The van der Waals surface area contributed by atoms with E-state index in [1.165, 1.54) is 6.33 Å². The second kappa shape index (κ2) is 5.43. The van der Waals surface area contributed by atoms with Crippen LogP contribution in [0.5, 0.6) is 5.88 Å². The lowest BCUT2D eigenvalue weighted by atomic mass is 10.2. The summed E-state index contributed by atoms with van der Waals surface area (Å²) >= 11 is 0. The van der Waals surface area contributed by atoms with Gasteiger partial charge in [0.05, 0.1) is 17.6 Å². The van der Waals surface area contributed by atoms with Crippen molar-refractivity contribution >= 4 is 21.3 Å². The zero-order chi connectivity index (χ0) is 14.9. The van der Waals surface area contributed by atoms with Crippen molar-refractivity contribution in [2.75, 3.05) is 29.2 Å². The van der Waals surface area contributed by atoms with Gasteiger partial charge in [0.1, 0.15) is 12.0 Å². The summed E-state index contributed by atoms with van der Waals surface area (Å²) in [6, 6.07) is -0.107. The zero-order valence-electron chi connectivity index (χ0n) is 11.9. The van der Waals surface area contributed by atoms with Gasteiger partial charge in [-0.05, 0) is 20.3 Å². The minimum atomic E-state index is -2.95. The van der Waals surface area contributed by atoms with Gasteiger partial charge in [-0.3, -0.25) is 0 Å². The monoisotopic (exact) mass is 300 g/mol. The standard InChI is InChI=1S/C12H20N4O3S/c1-8(2)19-12-10(13)11(14-7-15-12)16(3)9-4-5-20(17,18)6-9/h7-9H,4-6,13H2,1-3H3. The summed E-state index contributed by atoms with van der Waals surface area (Å²) in [4.78, 5) is 9.97. The lowest BCUT2D eigenvalue weighted by Gasteiger charge is -2.26. The number of aromatic nitrogens is 2. The highest BCUT2D eigenvalue weighted by atomic mass is 32.2. The molecule has 1 aromatic rings. The third kappa shape index (κ3) is 3.12. The van der Waals surface area contributed by atoms with Gasteiger partial charge >= 0.3 is 0 Å². The Morgan fingerprint density at radius 3 is 2.70 bits per heavy atom. The van der Waals surface area contributed by atoms with E-state index in [4.69, 9.17) is 10.5 Å². The first-order chi connectivity index (χ1) is 9.30. The molecule has 1 saturated heterocycles. The quantitative estimate of drug-likeness (QED) is 0.863. The Kier molecular flexibility index (Phi) is 4.03. The minimum Gasteiger partial charge on any atom is -0.473 e. The topological polar surface area (TPSA) is 98.4 Å². The highest BCUT2D eigenvalue weighted by Crippen LogP contribution is 2.31. The highest BCUT2D eigenvalue weighted by molar-refractivity contribution is 7.91. The van der Waals surface area contributed by atoms with E-state index in [9.17, 15) is 8.42 Å². The van der Waals surface area contributed by atoms with Crippen molar-refractivity contribution in [2.24, 2.45) is 0 Å². The van der Waals surface area contributed by atoms with Crippen LogP contribution in [0.25, 0.3) is 0 Å². The molecule has 20 heavy (non-hydrogen) atoms. The molecule has 2 rings (SSSR count). The third-order valence-corrected chi connectivity index (χ3v) is 5.01. The molecule has 1 aliphatic rings. The van der Waals surface area contributed by atoms with Gasteiger partial charge in [-0.15, -0.1) is 0 Å². The van der Waals surface area contributed by atoms with Crippen LogP contribution in [-0.4, -0.2) is 49.1 Å². The number of sulfone groups is 1. The van der Waals surface area contributed by atoms with E-state index in [-0.39, 0.29) is 23.7 Å². The summed E-state index contributed by atoms with van der Waals surface area (Å²) in [6.07, 6.45) is 1.92. The van der Waals surface area contributed by atoms with Crippen LogP contribution >= 0.6 is 0 Å². The molecule has 112 valence electrons. The fraction of sp³-hybridized carbons (Fsp3) is 0.667. The van der Waals surface area contributed by atoms with Crippen LogP contribution in [0.1, 0.15) is 20.3 Å². The molecule has 2 heterocycles. The number of ether oxygens (including phenoxy) is 1. The first kappa shape index (κ1) is 14.8. The molecule has 1 atom stereocenters. The van der Waals surface area contributed by atoms with E-state index in [0.717, 1.165) is 0 Å². The lowest BCUT2D eigenvalue weighted by molar-refractivity contribution is 0.234. The molecule has 1 aromatic heterocycles. The average molecular weight is 300 g/mol. The smallest absolute Gasteiger partial charge is 0.242 e. The van der Waals surface area contributed by atoms with E-state index >= 15 is 0 Å². The Hall–Kier alpha value is -1.57. The van der Waals surface area contributed by atoms with Crippen molar-refractivity contribution in [1.82, 2.24) is 9.97 Å². The fourth-order valence-corrected chi connectivity index (χ4v) is 4.00. The molecule has 0 aromatic carbocycles. The number of nitrogens with zero attached hydrogens (tertiary/aromatic N) is 3. The molecule has 7 nitrogen and oxygen atoms in total. The SMILES string of the molecule is CC(C)Oc1ncnc(N(C)C2CCS(=O)(=O)C2)c1N. The second-order valence-electron chi connectivity index (χ2n) is 5.25. The lowest BCUT2D eigenvalue weighted by Crippen LogP contribution is -2.34. The minimum absolute atomic E-state index is 0.0442. The molecule has 8 heteroatoms. The van der Waals surface area contributed by atoms with Crippen LogP contribution < -0.4 is 15.4 Å². The maximum absolute atomic E-state index is 11.6. The number of hydrogen-bond donors (Lipinski definition) is 1. The summed E-state index contributed by atoms with van der Waals surface area (Å²) in [7, 11) is -1.15. The number of nitrogens with two attached hydrogens (primary N) is 1. The Morgan fingerprint density at radius 1 is 1.45 bits per heavy atom. The van der Waals surface area contributed by atoms with Gasteiger partial charge in [-0.25, -0.2) is 13.4 Å². The normalized spacial score (nSPS) is 21.1. The van der Waals surface area contributed by atoms with Gasteiger partial charge in [0.2, 0.25) is 5.88 Å². The van der Waals surface area contributed by atoms with Gasteiger partial charge in [0.15, 0.2) is 15.7 Å². The molecule has 0 amide bonds. The molecular weight excluding hydrogens is 280 g/mol. The summed E-state index contributed by atoms with van der Waals surface area (Å²) in [5.74, 6) is 1.19. The van der Waals surface area contributed by atoms with Crippen molar-refractivity contribution in [2.45, 2.75) is 32.4 Å². The number of anilines is 2. The third-order valence-electron chi connectivity index (χ3n) is 3.26. The Balaban J connectivity index is 2.24. The average Bonchev–Trinajstić information content (AvgIpc) is 2.71. The molecule has 0 radical (unpaired) electrons.